The number of rotatable bonds is 5. The minimum Gasteiger partial charge on any atom is -0.355 e. The second-order valence-corrected chi connectivity index (χ2v) is 14.4. The fourth-order valence-electron chi connectivity index (χ4n) is 7.69. The minimum atomic E-state index is -0.165. The Labute approximate surface area is 294 Å². The quantitative estimate of drug-likeness (QED) is 0.193. The Morgan fingerprint density at radius 1 is 0.720 bits per heavy atom. The van der Waals surface area contributed by atoms with E-state index in [0.29, 0.717) is 5.92 Å². The van der Waals surface area contributed by atoms with Gasteiger partial charge in [0.05, 0.1) is 11.0 Å². The zero-order valence-corrected chi connectivity index (χ0v) is 28.4. The van der Waals surface area contributed by atoms with E-state index in [1.807, 2.05) is 0 Å². The highest BCUT2D eigenvalue weighted by Crippen LogP contribution is 2.47. The highest BCUT2D eigenvalue weighted by molar-refractivity contribution is 7.22. The molecule has 4 nitrogen and oxygen atoms in total. The van der Waals surface area contributed by atoms with Gasteiger partial charge in [0.25, 0.3) is 0 Å². The summed E-state index contributed by atoms with van der Waals surface area (Å²) in [6, 6.07) is 48.3. The number of allylic oxidation sites excluding steroid dienone is 3. The molecule has 8 aromatic rings. The first-order chi connectivity index (χ1) is 24.7. The molecule has 0 saturated heterocycles. The van der Waals surface area contributed by atoms with Crippen LogP contribution in [-0.4, -0.2) is 10.4 Å². The van der Waals surface area contributed by atoms with E-state index in [1.54, 1.807) is 11.3 Å². The third-order valence-electron chi connectivity index (χ3n) is 10.2. The summed E-state index contributed by atoms with van der Waals surface area (Å²) in [4.78, 5) is 5.36. The van der Waals surface area contributed by atoms with Gasteiger partial charge in [-0.05, 0) is 71.1 Å². The number of aromatic nitrogens is 1. The lowest BCUT2D eigenvalue weighted by molar-refractivity contribution is 0.584. The first-order valence-corrected chi connectivity index (χ1v) is 18.1. The molecule has 2 aromatic heterocycles. The number of fused-ring (bicyclic) bond motifs is 7. The fourth-order valence-corrected chi connectivity index (χ4v) is 8.80. The molecule has 0 bridgehead atoms. The van der Waals surface area contributed by atoms with Crippen LogP contribution in [0.4, 0.5) is 10.7 Å². The summed E-state index contributed by atoms with van der Waals surface area (Å²) in [7, 11) is 0. The van der Waals surface area contributed by atoms with Gasteiger partial charge in [0.1, 0.15) is 17.0 Å². The lowest BCUT2D eigenvalue weighted by Gasteiger charge is -2.29. The number of hydrogen-bond acceptors (Lipinski definition) is 4. The molecular formula is C45H34N4S. The van der Waals surface area contributed by atoms with Crippen LogP contribution in [0.3, 0.4) is 0 Å². The van der Waals surface area contributed by atoms with Crippen LogP contribution in [0.1, 0.15) is 30.6 Å². The summed E-state index contributed by atoms with van der Waals surface area (Å²) in [5, 5.41) is 15.0. The molecule has 2 unspecified atom stereocenters. The Morgan fingerprint density at radius 3 is 2.36 bits per heavy atom. The second-order valence-electron chi connectivity index (χ2n) is 13.4. The van der Waals surface area contributed by atoms with E-state index in [4.69, 9.17) is 4.99 Å². The van der Waals surface area contributed by atoms with Crippen LogP contribution in [0.15, 0.2) is 162 Å². The molecule has 240 valence electrons. The van der Waals surface area contributed by atoms with Gasteiger partial charge in [-0.1, -0.05) is 116 Å². The maximum Gasteiger partial charge on any atom is 0.136 e. The maximum atomic E-state index is 5.36. The van der Waals surface area contributed by atoms with Crippen molar-refractivity contribution in [2.75, 3.05) is 5.32 Å². The molecular weight excluding hydrogens is 629 g/mol. The number of amidine groups is 1. The molecule has 2 N–H and O–H groups in total. The molecule has 0 fully saturated rings. The van der Waals surface area contributed by atoms with Crippen LogP contribution in [0, 0.1) is 5.92 Å². The van der Waals surface area contributed by atoms with Crippen molar-refractivity contribution in [2.24, 2.45) is 10.9 Å². The smallest absolute Gasteiger partial charge is 0.136 e. The number of nitrogens with zero attached hydrogens (tertiary/aromatic N) is 2. The summed E-state index contributed by atoms with van der Waals surface area (Å²) in [6.07, 6.45) is 7.64. The average molecular weight is 663 g/mol. The summed E-state index contributed by atoms with van der Waals surface area (Å²) >= 11 is 1.77. The van der Waals surface area contributed by atoms with Gasteiger partial charge in [0, 0.05) is 48.9 Å². The van der Waals surface area contributed by atoms with E-state index in [-0.39, 0.29) is 6.17 Å². The van der Waals surface area contributed by atoms with Gasteiger partial charge >= 0.3 is 0 Å². The number of thiophene rings is 1. The number of benzene rings is 6. The second kappa shape index (κ2) is 11.6. The van der Waals surface area contributed by atoms with Gasteiger partial charge < -0.3 is 15.2 Å². The Hall–Kier alpha value is -5.91. The fraction of sp³-hybridized carbons (Fsp3) is 0.0889. The molecule has 2 atom stereocenters. The maximum absolute atomic E-state index is 5.36. The summed E-state index contributed by atoms with van der Waals surface area (Å²) < 4.78 is 3.74. The lowest BCUT2D eigenvalue weighted by atomic mass is 9.99. The van der Waals surface area contributed by atoms with Crippen molar-refractivity contribution in [2.45, 2.75) is 19.5 Å². The monoisotopic (exact) mass is 662 g/mol. The Morgan fingerprint density at radius 2 is 1.48 bits per heavy atom. The molecule has 10 rings (SSSR count). The van der Waals surface area contributed by atoms with E-state index in [9.17, 15) is 0 Å². The molecule has 1 aliphatic heterocycles. The Kier molecular flexibility index (Phi) is 6.74. The van der Waals surface area contributed by atoms with Gasteiger partial charge in [0.2, 0.25) is 0 Å². The van der Waals surface area contributed by atoms with Gasteiger partial charge in [-0.15, -0.1) is 11.3 Å². The van der Waals surface area contributed by atoms with Crippen molar-refractivity contribution in [3.05, 3.63) is 169 Å². The number of nitrogens with one attached hydrogen (secondary N) is 2. The van der Waals surface area contributed by atoms with Gasteiger partial charge in [-0.3, -0.25) is 0 Å². The van der Waals surface area contributed by atoms with E-state index >= 15 is 0 Å². The Balaban J connectivity index is 1.13. The number of para-hydroxylation sites is 2. The molecule has 0 amide bonds. The van der Waals surface area contributed by atoms with Crippen LogP contribution in [-0.2, 0) is 0 Å². The van der Waals surface area contributed by atoms with E-state index in [2.05, 4.69) is 174 Å². The van der Waals surface area contributed by atoms with E-state index in [1.165, 1.54) is 48.2 Å². The van der Waals surface area contributed by atoms with Crippen molar-refractivity contribution < 1.29 is 0 Å². The largest absolute Gasteiger partial charge is 0.355 e. The molecule has 3 heterocycles. The van der Waals surface area contributed by atoms with E-state index in [0.717, 1.165) is 45.3 Å². The topological polar surface area (TPSA) is 41.4 Å². The number of aliphatic imine (C=N–C) groups is 1. The molecule has 5 heteroatoms. The molecule has 1 aliphatic carbocycles. The average Bonchev–Trinajstić information content (AvgIpc) is 3.70. The Bertz CT molecular complexity index is 2720. The van der Waals surface area contributed by atoms with Crippen LogP contribution < -0.4 is 10.6 Å². The van der Waals surface area contributed by atoms with Gasteiger partial charge in [-0.2, -0.15) is 0 Å². The molecule has 2 aliphatic rings. The van der Waals surface area contributed by atoms with E-state index < -0.39 is 0 Å². The normalized spacial score (nSPS) is 17.1. The number of hydrogen-bond donors (Lipinski definition) is 2. The standard InChI is InChI=1S/C45H34N4S/c1-28-21-23-33(24-22-28)46-38-18-7-4-15-34(38)31-13-10-14-32(25-31)43-47-44(42-36-17-6-9-20-41(36)50-45(42)48-43)49-39-19-8-5-16-35(39)37-26-29-11-2-3-12-30(29)27-40(37)49/h2-21,23-28,44,46H,22H2,1H3,(H,47,48). The van der Waals surface area contributed by atoms with Gasteiger partial charge in [-0.25, -0.2) is 4.99 Å². The van der Waals surface area contributed by atoms with Crippen LogP contribution in [0.2, 0.25) is 0 Å². The van der Waals surface area contributed by atoms with Crippen molar-refractivity contribution in [1.29, 1.82) is 0 Å². The lowest BCUT2D eigenvalue weighted by Crippen LogP contribution is -2.35. The predicted molar refractivity (Wildman–Crippen MR) is 213 cm³/mol. The third-order valence-corrected chi connectivity index (χ3v) is 11.3. The highest BCUT2D eigenvalue weighted by atomic mass is 32.1. The van der Waals surface area contributed by atoms with Crippen molar-refractivity contribution in [1.82, 2.24) is 9.88 Å². The van der Waals surface area contributed by atoms with Gasteiger partial charge in [0.15, 0.2) is 0 Å². The molecule has 6 aromatic carbocycles. The zero-order valence-electron chi connectivity index (χ0n) is 27.6. The van der Waals surface area contributed by atoms with Crippen LogP contribution in [0.25, 0.3) is 53.8 Å². The zero-order chi connectivity index (χ0) is 33.2. The SMILES string of the molecule is CC1C=CC(Nc2ccccc2-c2cccc(C3=Nc4sc5ccccc5c4C(n4c5ccccc5c5cc6ccccc6cc54)N3)c2)=CC1. The predicted octanol–water partition coefficient (Wildman–Crippen LogP) is 11.9. The van der Waals surface area contributed by atoms with Crippen molar-refractivity contribution >= 4 is 70.5 Å². The van der Waals surface area contributed by atoms with Crippen molar-refractivity contribution in [3.8, 4) is 11.1 Å². The highest BCUT2D eigenvalue weighted by Gasteiger charge is 2.31. The third kappa shape index (κ3) is 4.77. The summed E-state index contributed by atoms with van der Waals surface area (Å²) in [6.45, 7) is 2.25. The molecule has 0 spiro atoms. The van der Waals surface area contributed by atoms with Crippen LogP contribution >= 0.6 is 11.3 Å². The molecule has 50 heavy (non-hydrogen) atoms. The minimum absolute atomic E-state index is 0.165. The molecule has 0 saturated carbocycles. The van der Waals surface area contributed by atoms with Crippen molar-refractivity contribution in [3.63, 3.8) is 0 Å². The first-order valence-electron chi connectivity index (χ1n) is 17.3. The summed E-state index contributed by atoms with van der Waals surface area (Å²) in [5.41, 5.74) is 9.23. The molecule has 0 radical (unpaired) electrons. The summed E-state index contributed by atoms with van der Waals surface area (Å²) in [5.74, 6) is 1.45. The number of anilines is 1. The first kappa shape index (κ1) is 29.0. The van der Waals surface area contributed by atoms with Crippen LogP contribution in [0.5, 0.6) is 0 Å².